The van der Waals surface area contributed by atoms with Gasteiger partial charge in [-0.25, -0.2) is 13.2 Å². The van der Waals surface area contributed by atoms with E-state index in [-0.39, 0.29) is 30.2 Å². The fraction of sp³-hybridized carbons (Fsp3) is 0.440. The Bertz CT molecular complexity index is 990. The van der Waals surface area contributed by atoms with Crippen molar-refractivity contribution in [3.05, 3.63) is 71.0 Å². The van der Waals surface area contributed by atoms with Crippen LogP contribution in [0.3, 0.4) is 0 Å². The largest absolute Gasteiger partial charge is 0.375 e. The third-order valence-electron chi connectivity index (χ3n) is 5.91. The molecule has 1 fully saturated rings. The van der Waals surface area contributed by atoms with Gasteiger partial charge in [-0.3, -0.25) is 9.59 Å². The number of ether oxygens (including phenoxy) is 1. The number of carbonyl (C=O) groups excluding carboxylic acids is 2. The first-order chi connectivity index (χ1) is 16.3. The molecule has 2 atom stereocenters. The van der Waals surface area contributed by atoms with E-state index in [4.69, 9.17) is 10.5 Å². The summed E-state index contributed by atoms with van der Waals surface area (Å²) in [7, 11) is 0. The zero-order valence-electron chi connectivity index (χ0n) is 19.2. The number of nitrogens with two attached hydrogens (primary N) is 1. The number of benzene rings is 2. The highest BCUT2D eigenvalue weighted by molar-refractivity contribution is 5.88. The Hall–Kier alpha value is -2.91. The van der Waals surface area contributed by atoms with Gasteiger partial charge >= 0.3 is 0 Å². The van der Waals surface area contributed by atoms with Crippen LogP contribution in [-0.4, -0.2) is 59.9 Å². The van der Waals surface area contributed by atoms with Gasteiger partial charge in [0.15, 0.2) is 11.6 Å². The van der Waals surface area contributed by atoms with Gasteiger partial charge in [-0.05, 0) is 37.0 Å². The maximum absolute atomic E-state index is 13.9. The highest BCUT2D eigenvalue weighted by Gasteiger charge is 2.32. The summed E-state index contributed by atoms with van der Waals surface area (Å²) in [5.41, 5.74) is 6.96. The molecule has 0 saturated carbocycles. The van der Waals surface area contributed by atoms with E-state index in [1.54, 1.807) is 11.8 Å². The zero-order valence-corrected chi connectivity index (χ0v) is 19.2. The monoisotopic (exact) mass is 477 g/mol. The Labute approximate surface area is 197 Å². The summed E-state index contributed by atoms with van der Waals surface area (Å²) in [4.78, 5) is 29.0. The lowest BCUT2D eigenvalue weighted by Gasteiger charge is -2.29. The molecular weight excluding hydrogens is 447 g/mol. The summed E-state index contributed by atoms with van der Waals surface area (Å²) in [6.45, 7) is 3.83. The van der Waals surface area contributed by atoms with Crippen molar-refractivity contribution in [2.45, 2.75) is 44.9 Å². The van der Waals surface area contributed by atoms with Crippen molar-refractivity contribution in [3.63, 3.8) is 0 Å². The van der Waals surface area contributed by atoms with Gasteiger partial charge < -0.3 is 20.3 Å². The number of nitrogens with zero attached hydrogens (tertiary/aromatic N) is 2. The number of halogens is 3. The first kappa shape index (κ1) is 25.7. The van der Waals surface area contributed by atoms with E-state index < -0.39 is 29.5 Å². The number of amides is 2. The molecule has 1 saturated heterocycles. The lowest BCUT2D eigenvalue weighted by molar-refractivity contribution is -0.143. The Morgan fingerprint density at radius 3 is 2.56 bits per heavy atom. The lowest BCUT2D eigenvalue weighted by atomic mass is 10.0. The van der Waals surface area contributed by atoms with Crippen molar-refractivity contribution < 1.29 is 27.5 Å². The summed E-state index contributed by atoms with van der Waals surface area (Å²) < 4.78 is 46.1. The average Bonchev–Trinajstić information content (AvgIpc) is 2.94. The molecule has 2 N–H and O–H groups in total. The minimum Gasteiger partial charge on any atom is -0.375 e. The quantitative estimate of drug-likeness (QED) is 0.445. The minimum absolute atomic E-state index is 0.0964. The Kier molecular flexibility index (Phi) is 9.06. The molecule has 1 heterocycles. The summed E-state index contributed by atoms with van der Waals surface area (Å²) >= 11 is 0. The second-order valence-corrected chi connectivity index (χ2v) is 8.51. The molecular formula is C25H30F3N3O3. The lowest BCUT2D eigenvalue weighted by Crippen LogP contribution is -2.48. The molecule has 6 nitrogen and oxygen atoms in total. The average molecular weight is 478 g/mol. The maximum Gasteiger partial charge on any atom is 0.245 e. The number of carbonyl (C=O) groups is 2. The van der Waals surface area contributed by atoms with Crippen molar-refractivity contribution in [1.82, 2.24) is 9.80 Å². The van der Waals surface area contributed by atoms with Crippen LogP contribution in [0.25, 0.3) is 0 Å². The van der Waals surface area contributed by atoms with E-state index in [1.165, 1.54) is 4.90 Å². The molecule has 0 aliphatic carbocycles. The van der Waals surface area contributed by atoms with Crippen LogP contribution >= 0.6 is 0 Å². The van der Waals surface area contributed by atoms with Crippen LogP contribution < -0.4 is 5.73 Å². The SMILES string of the molecule is CC1C(=O)N(CCOCc2ccccc2)CCCN1C(=O)C[C@H](N)Cc1cc(F)c(F)cc1F. The zero-order chi connectivity index (χ0) is 24.7. The van der Waals surface area contributed by atoms with E-state index in [9.17, 15) is 22.8 Å². The molecule has 9 heteroatoms. The van der Waals surface area contributed by atoms with Crippen molar-refractivity contribution in [2.75, 3.05) is 26.2 Å². The third-order valence-corrected chi connectivity index (χ3v) is 5.91. The molecule has 34 heavy (non-hydrogen) atoms. The summed E-state index contributed by atoms with van der Waals surface area (Å²) in [5.74, 6) is -3.87. The first-order valence-electron chi connectivity index (χ1n) is 11.3. The van der Waals surface area contributed by atoms with Gasteiger partial charge in [0.05, 0.1) is 13.2 Å². The molecule has 2 amide bonds. The molecule has 0 bridgehead atoms. The van der Waals surface area contributed by atoms with Crippen molar-refractivity contribution in [1.29, 1.82) is 0 Å². The Morgan fingerprint density at radius 2 is 1.82 bits per heavy atom. The molecule has 0 aromatic heterocycles. The standard InChI is InChI=1S/C25H30F3N3O3/c1-17-25(33)30(10-11-34-16-18-6-3-2-4-7-18)8-5-9-31(17)24(32)14-20(29)12-19-13-22(27)23(28)15-21(19)26/h2-4,6-7,13,15,17,20H,5,8-12,14,16,29H2,1H3/t17?,20-/m1/s1. The summed E-state index contributed by atoms with van der Waals surface area (Å²) in [6.07, 6.45) is 0.333. The van der Waals surface area contributed by atoms with E-state index in [2.05, 4.69) is 0 Å². The normalized spacial score (nSPS) is 17.6. The fourth-order valence-corrected chi connectivity index (χ4v) is 4.05. The van der Waals surface area contributed by atoms with Gasteiger partial charge in [-0.2, -0.15) is 0 Å². The van der Waals surface area contributed by atoms with E-state index >= 15 is 0 Å². The molecule has 1 unspecified atom stereocenters. The van der Waals surface area contributed by atoms with Gasteiger partial charge in [-0.15, -0.1) is 0 Å². The number of hydrogen-bond acceptors (Lipinski definition) is 4. The summed E-state index contributed by atoms with van der Waals surface area (Å²) in [5, 5.41) is 0. The van der Waals surface area contributed by atoms with Crippen LogP contribution in [0.1, 0.15) is 30.9 Å². The van der Waals surface area contributed by atoms with E-state index in [1.807, 2.05) is 30.3 Å². The molecule has 3 rings (SSSR count). The maximum atomic E-state index is 13.9. The predicted octanol–water partition coefficient (Wildman–Crippen LogP) is 3.03. The minimum atomic E-state index is -1.28. The molecule has 1 aliphatic rings. The van der Waals surface area contributed by atoms with E-state index in [0.717, 1.165) is 11.6 Å². The van der Waals surface area contributed by atoms with Gasteiger partial charge in [0.1, 0.15) is 11.9 Å². The van der Waals surface area contributed by atoms with Gasteiger partial charge in [0.25, 0.3) is 0 Å². The van der Waals surface area contributed by atoms with Crippen LogP contribution in [0.4, 0.5) is 13.2 Å². The summed E-state index contributed by atoms with van der Waals surface area (Å²) in [6, 6.07) is 9.48. The molecule has 1 aliphatic heterocycles. The Morgan fingerprint density at radius 1 is 1.12 bits per heavy atom. The van der Waals surface area contributed by atoms with Gasteiger partial charge in [0, 0.05) is 38.2 Å². The van der Waals surface area contributed by atoms with Crippen molar-refractivity contribution in [3.8, 4) is 0 Å². The van der Waals surface area contributed by atoms with Crippen LogP contribution in [-0.2, 0) is 27.4 Å². The van der Waals surface area contributed by atoms with Crippen LogP contribution in [0.2, 0.25) is 0 Å². The van der Waals surface area contributed by atoms with Gasteiger partial charge in [-0.1, -0.05) is 30.3 Å². The molecule has 184 valence electrons. The van der Waals surface area contributed by atoms with Crippen LogP contribution in [0.5, 0.6) is 0 Å². The van der Waals surface area contributed by atoms with Crippen LogP contribution in [0, 0.1) is 17.5 Å². The smallest absolute Gasteiger partial charge is 0.245 e. The second kappa shape index (κ2) is 12.0. The topological polar surface area (TPSA) is 75.9 Å². The first-order valence-corrected chi connectivity index (χ1v) is 11.3. The third kappa shape index (κ3) is 6.80. The fourth-order valence-electron chi connectivity index (χ4n) is 4.05. The molecule has 0 radical (unpaired) electrons. The number of rotatable bonds is 9. The number of hydrogen-bond donors (Lipinski definition) is 1. The predicted molar refractivity (Wildman–Crippen MR) is 121 cm³/mol. The molecule has 2 aromatic rings. The highest BCUT2D eigenvalue weighted by atomic mass is 19.2. The van der Waals surface area contributed by atoms with E-state index in [0.29, 0.717) is 45.3 Å². The second-order valence-electron chi connectivity index (χ2n) is 8.51. The van der Waals surface area contributed by atoms with Gasteiger partial charge in [0.2, 0.25) is 11.8 Å². The highest BCUT2D eigenvalue weighted by Crippen LogP contribution is 2.18. The molecule has 0 spiro atoms. The van der Waals surface area contributed by atoms with Crippen molar-refractivity contribution >= 4 is 11.8 Å². The van der Waals surface area contributed by atoms with Crippen molar-refractivity contribution in [2.24, 2.45) is 5.73 Å². The molecule has 2 aromatic carbocycles. The van der Waals surface area contributed by atoms with Crippen LogP contribution in [0.15, 0.2) is 42.5 Å². The Balaban J connectivity index is 1.50.